The van der Waals surface area contributed by atoms with Crippen LogP contribution in [0.25, 0.3) is 11.0 Å². The summed E-state index contributed by atoms with van der Waals surface area (Å²) in [4.78, 5) is 22.1. The van der Waals surface area contributed by atoms with E-state index in [1.54, 1.807) is 18.3 Å². The first kappa shape index (κ1) is 20.2. The van der Waals surface area contributed by atoms with Crippen molar-refractivity contribution in [2.24, 2.45) is 5.10 Å². The molecule has 1 amide bonds. The summed E-state index contributed by atoms with van der Waals surface area (Å²) in [7, 11) is 3.98. The molecule has 4 rings (SSSR count). The van der Waals surface area contributed by atoms with Gasteiger partial charge in [0.25, 0.3) is 5.91 Å². The van der Waals surface area contributed by atoms with Gasteiger partial charge >= 0.3 is 0 Å². The number of aromatic nitrogens is 2. The van der Waals surface area contributed by atoms with Crippen LogP contribution in [0.3, 0.4) is 0 Å². The highest BCUT2D eigenvalue weighted by atomic mass is 16.2. The Morgan fingerprint density at radius 1 is 1.03 bits per heavy atom. The molecule has 7 nitrogen and oxygen atoms in total. The lowest BCUT2D eigenvalue weighted by molar-refractivity contribution is 0.0955. The lowest BCUT2D eigenvalue weighted by Crippen LogP contribution is -2.17. The minimum atomic E-state index is -0.252. The summed E-state index contributed by atoms with van der Waals surface area (Å²) in [5.74, 6) is 0.467. The number of rotatable bonds is 7. The maximum absolute atomic E-state index is 12.3. The van der Waals surface area contributed by atoms with Gasteiger partial charge in [0.15, 0.2) is 0 Å². The van der Waals surface area contributed by atoms with Crippen LogP contribution in [-0.4, -0.2) is 36.2 Å². The van der Waals surface area contributed by atoms with Gasteiger partial charge < -0.3 is 15.2 Å². The molecule has 156 valence electrons. The number of hydrazone groups is 1. The Bertz CT molecular complexity index is 1160. The molecule has 0 atom stereocenters. The molecule has 0 saturated heterocycles. The molecule has 0 aliphatic heterocycles. The fourth-order valence-electron chi connectivity index (χ4n) is 3.08. The minimum Gasteiger partial charge on any atom is -0.378 e. The number of H-pyrrole nitrogens is 1. The number of amides is 1. The number of anilines is 2. The fourth-order valence-corrected chi connectivity index (χ4v) is 3.08. The van der Waals surface area contributed by atoms with Gasteiger partial charge in [-0.1, -0.05) is 36.4 Å². The first-order valence-electron chi connectivity index (χ1n) is 9.97. The molecule has 4 aromatic rings. The van der Waals surface area contributed by atoms with Gasteiger partial charge in [0.05, 0.1) is 17.2 Å². The topological polar surface area (TPSA) is 85.4 Å². The van der Waals surface area contributed by atoms with Crippen LogP contribution in [0, 0.1) is 0 Å². The van der Waals surface area contributed by atoms with Crippen molar-refractivity contribution in [3.05, 3.63) is 89.5 Å². The molecular weight excluding hydrogens is 388 g/mol. The van der Waals surface area contributed by atoms with Crippen molar-refractivity contribution in [1.82, 2.24) is 15.4 Å². The van der Waals surface area contributed by atoms with E-state index >= 15 is 0 Å². The number of nitrogens with zero attached hydrogens (tertiary/aromatic N) is 3. The van der Waals surface area contributed by atoms with Crippen LogP contribution in [0.1, 0.15) is 21.5 Å². The van der Waals surface area contributed by atoms with Crippen LogP contribution < -0.4 is 15.6 Å². The van der Waals surface area contributed by atoms with Crippen LogP contribution in [0.15, 0.2) is 77.9 Å². The molecule has 0 aliphatic carbocycles. The Morgan fingerprint density at radius 3 is 2.48 bits per heavy atom. The summed E-state index contributed by atoms with van der Waals surface area (Å²) < 4.78 is 0. The number of hydrogen-bond donors (Lipinski definition) is 3. The Labute approximate surface area is 180 Å². The zero-order valence-electron chi connectivity index (χ0n) is 17.5. The summed E-state index contributed by atoms with van der Waals surface area (Å²) in [6, 6.07) is 23.2. The molecule has 0 bridgehead atoms. The molecule has 0 aliphatic rings. The number of benzene rings is 3. The zero-order chi connectivity index (χ0) is 21.6. The lowest BCUT2D eigenvalue weighted by Gasteiger charge is -2.11. The first-order chi connectivity index (χ1) is 15.1. The molecule has 1 aromatic heterocycles. The van der Waals surface area contributed by atoms with E-state index in [1.807, 2.05) is 79.7 Å². The average Bonchev–Trinajstić information content (AvgIpc) is 3.21. The Balaban J connectivity index is 1.30. The third-order valence-electron chi connectivity index (χ3n) is 4.85. The summed E-state index contributed by atoms with van der Waals surface area (Å²) in [5, 5.41) is 7.32. The number of carbonyl (C=O) groups excluding carboxylic acids is 1. The molecule has 0 saturated carbocycles. The number of carbonyl (C=O) groups is 1. The summed E-state index contributed by atoms with van der Waals surface area (Å²) in [6.45, 7) is 0.600. The van der Waals surface area contributed by atoms with Gasteiger partial charge in [-0.3, -0.25) is 4.79 Å². The smallest absolute Gasteiger partial charge is 0.271 e. The molecule has 3 aromatic carbocycles. The normalized spacial score (nSPS) is 11.0. The number of nitrogens with one attached hydrogen (secondary N) is 3. The Kier molecular flexibility index (Phi) is 5.93. The molecule has 0 spiro atoms. The fraction of sp³-hybridized carbons (Fsp3) is 0.125. The maximum Gasteiger partial charge on any atom is 0.271 e. The second-order valence-corrected chi connectivity index (χ2v) is 7.34. The third-order valence-corrected chi connectivity index (χ3v) is 4.85. The Hall–Kier alpha value is -4.13. The van der Waals surface area contributed by atoms with Gasteiger partial charge in [-0.25, -0.2) is 10.4 Å². The van der Waals surface area contributed by atoms with Crippen LogP contribution in [0.5, 0.6) is 0 Å². The monoisotopic (exact) mass is 412 g/mol. The van der Waals surface area contributed by atoms with E-state index in [4.69, 9.17) is 0 Å². The Morgan fingerprint density at radius 2 is 1.77 bits per heavy atom. The van der Waals surface area contributed by atoms with E-state index in [-0.39, 0.29) is 5.91 Å². The van der Waals surface area contributed by atoms with E-state index < -0.39 is 0 Å². The first-order valence-corrected chi connectivity index (χ1v) is 9.97. The molecule has 7 heteroatoms. The minimum absolute atomic E-state index is 0.252. The van der Waals surface area contributed by atoms with E-state index in [0.717, 1.165) is 33.8 Å². The van der Waals surface area contributed by atoms with E-state index in [2.05, 4.69) is 25.8 Å². The molecule has 3 N–H and O–H groups in total. The zero-order valence-corrected chi connectivity index (χ0v) is 17.5. The third kappa shape index (κ3) is 5.08. The van der Waals surface area contributed by atoms with Crippen molar-refractivity contribution in [1.29, 1.82) is 0 Å². The van der Waals surface area contributed by atoms with Gasteiger partial charge in [0.2, 0.25) is 5.95 Å². The highest BCUT2D eigenvalue weighted by Gasteiger charge is 2.05. The quantitative estimate of drug-likeness (QED) is 0.316. The van der Waals surface area contributed by atoms with Gasteiger partial charge in [0.1, 0.15) is 0 Å². The standard InChI is InChI=1S/C24H24N6O/c1-30(2)20-13-9-18(10-14-20)16-26-29-23(31)19-11-7-17(8-12-19)15-25-24-27-21-5-3-4-6-22(21)28-24/h3-14,16H,15H2,1-2H3,(H,29,31)(H2,25,27,28)/b26-16+. The van der Waals surface area contributed by atoms with E-state index in [9.17, 15) is 4.79 Å². The number of hydrogen-bond acceptors (Lipinski definition) is 5. The number of aromatic amines is 1. The van der Waals surface area contributed by atoms with Crippen molar-refractivity contribution in [3.63, 3.8) is 0 Å². The average molecular weight is 412 g/mol. The second-order valence-electron chi connectivity index (χ2n) is 7.34. The molecule has 0 fully saturated rings. The van der Waals surface area contributed by atoms with Crippen molar-refractivity contribution in [2.45, 2.75) is 6.54 Å². The highest BCUT2D eigenvalue weighted by Crippen LogP contribution is 2.14. The predicted octanol–water partition coefficient (Wildman–Crippen LogP) is 4.00. The largest absolute Gasteiger partial charge is 0.378 e. The van der Waals surface area contributed by atoms with Gasteiger partial charge in [-0.05, 0) is 47.5 Å². The van der Waals surface area contributed by atoms with Crippen LogP contribution in [0.2, 0.25) is 0 Å². The van der Waals surface area contributed by atoms with Crippen LogP contribution in [-0.2, 0) is 6.54 Å². The van der Waals surface area contributed by atoms with E-state index in [0.29, 0.717) is 12.1 Å². The molecule has 31 heavy (non-hydrogen) atoms. The van der Waals surface area contributed by atoms with Crippen molar-refractivity contribution >= 4 is 34.8 Å². The number of para-hydroxylation sites is 2. The van der Waals surface area contributed by atoms with Crippen LogP contribution >= 0.6 is 0 Å². The molecule has 0 radical (unpaired) electrons. The summed E-state index contributed by atoms with van der Waals surface area (Å²) in [6.07, 6.45) is 1.63. The van der Waals surface area contributed by atoms with Crippen LogP contribution in [0.4, 0.5) is 11.6 Å². The molecule has 0 unspecified atom stereocenters. The van der Waals surface area contributed by atoms with Crippen molar-refractivity contribution < 1.29 is 4.79 Å². The lowest BCUT2D eigenvalue weighted by atomic mass is 10.1. The van der Waals surface area contributed by atoms with Gasteiger partial charge in [-0.15, -0.1) is 0 Å². The molecule has 1 heterocycles. The van der Waals surface area contributed by atoms with E-state index in [1.165, 1.54) is 0 Å². The number of imidazole rings is 1. The number of fused-ring (bicyclic) bond motifs is 1. The SMILES string of the molecule is CN(C)c1ccc(/C=N/NC(=O)c2ccc(CNc3nc4ccccc4[nH]3)cc2)cc1. The highest BCUT2D eigenvalue weighted by molar-refractivity contribution is 5.95. The van der Waals surface area contributed by atoms with Crippen molar-refractivity contribution in [3.8, 4) is 0 Å². The summed E-state index contributed by atoms with van der Waals surface area (Å²) in [5.41, 5.74) is 8.09. The predicted molar refractivity (Wildman–Crippen MR) is 126 cm³/mol. The second kappa shape index (κ2) is 9.13. The van der Waals surface area contributed by atoms with Crippen molar-refractivity contribution in [2.75, 3.05) is 24.3 Å². The maximum atomic E-state index is 12.3. The van der Waals surface area contributed by atoms with Gasteiger partial charge in [0, 0.05) is 31.9 Å². The summed E-state index contributed by atoms with van der Waals surface area (Å²) >= 11 is 0. The molecular formula is C24H24N6O. The van der Waals surface area contributed by atoms with Gasteiger partial charge in [-0.2, -0.15) is 5.10 Å².